The van der Waals surface area contributed by atoms with E-state index in [0.717, 1.165) is 5.56 Å². The van der Waals surface area contributed by atoms with Crippen molar-refractivity contribution in [1.29, 1.82) is 0 Å². The molecule has 0 bridgehead atoms. The lowest BCUT2D eigenvalue weighted by Crippen LogP contribution is -2.10. The number of carbonyl (C=O) groups excluding carboxylic acids is 1. The van der Waals surface area contributed by atoms with Gasteiger partial charge in [0.1, 0.15) is 17.4 Å². The van der Waals surface area contributed by atoms with Crippen molar-refractivity contribution in [2.75, 3.05) is 12.8 Å². The first kappa shape index (κ1) is 16.7. The number of nitrogens with zero attached hydrogens (tertiary/aromatic N) is 1. The molecule has 5 nitrogen and oxygen atoms in total. The summed E-state index contributed by atoms with van der Waals surface area (Å²) >= 11 is 17.5. The van der Waals surface area contributed by atoms with Crippen LogP contribution in [0, 0.1) is 0 Å². The molecule has 22 heavy (non-hydrogen) atoms. The summed E-state index contributed by atoms with van der Waals surface area (Å²) in [5.74, 6) is -0.0388. The molecule has 0 saturated heterocycles. The van der Waals surface area contributed by atoms with E-state index in [9.17, 15) is 4.79 Å². The molecule has 116 valence electrons. The standard InChI is InChI=1S/C14H11Cl3N2O3/c1-21-8-4-2-7(3-5-8)6-22-14(20)12-9(15)11(18)10(16)13(17)19-12/h2-5H,6H2,1H3,(H2,18,19). The average molecular weight is 362 g/mol. The summed E-state index contributed by atoms with van der Waals surface area (Å²) in [6.07, 6.45) is 0. The van der Waals surface area contributed by atoms with Gasteiger partial charge in [0.05, 0.1) is 17.8 Å². The van der Waals surface area contributed by atoms with Crippen molar-refractivity contribution in [2.45, 2.75) is 6.61 Å². The van der Waals surface area contributed by atoms with Gasteiger partial charge < -0.3 is 15.2 Å². The van der Waals surface area contributed by atoms with Crippen molar-refractivity contribution in [2.24, 2.45) is 0 Å². The quantitative estimate of drug-likeness (QED) is 0.658. The third kappa shape index (κ3) is 3.55. The van der Waals surface area contributed by atoms with E-state index in [1.165, 1.54) is 0 Å². The summed E-state index contributed by atoms with van der Waals surface area (Å²) in [6.45, 7) is 0.0426. The van der Waals surface area contributed by atoms with Gasteiger partial charge in [-0.3, -0.25) is 0 Å². The van der Waals surface area contributed by atoms with Crippen LogP contribution >= 0.6 is 34.8 Å². The molecule has 0 amide bonds. The van der Waals surface area contributed by atoms with Gasteiger partial charge in [0.2, 0.25) is 0 Å². The van der Waals surface area contributed by atoms with Crippen molar-refractivity contribution < 1.29 is 14.3 Å². The number of rotatable bonds is 4. The number of nitrogen functional groups attached to an aromatic ring is 1. The van der Waals surface area contributed by atoms with Gasteiger partial charge >= 0.3 is 5.97 Å². The Morgan fingerprint density at radius 2 is 1.82 bits per heavy atom. The highest BCUT2D eigenvalue weighted by molar-refractivity contribution is 6.46. The van der Waals surface area contributed by atoms with Crippen LogP contribution in [0.1, 0.15) is 16.1 Å². The van der Waals surface area contributed by atoms with Gasteiger partial charge in [0, 0.05) is 0 Å². The Bertz CT molecular complexity index is 705. The van der Waals surface area contributed by atoms with Gasteiger partial charge in [-0.25, -0.2) is 9.78 Å². The third-order valence-corrected chi connectivity index (χ3v) is 3.93. The number of ether oxygens (including phenoxy) is 2. The predicted octanol–water partition coefficient (Wildman–Crippen LogP) is 3.99. The van der Waals surface area contributed by atoms with E-state index in [0.29, 0.717) is 5.75 Å². The Kier molecular flexibility index (Phi) is 5.34. The molecule has 1 aromatic heterocycles. The molecule has 2 rings (SSSR count). The summed E-state index contributed by atoms with van der Waals surface area (Å²) in [6, 6.07) is 7.05. The zero-order valence-electron chi connectivity index (χ0n) is 11.4. The lowest BCUT2D eigenvalue weighted by molar-refractivity contribution is 0.0466. The Morgan fingerprint density at radius 3 is 2.41 bits per heavy atom. The lowest BCUT2D eigenvalue weighted by Gasteiger charge is -2.09. The molecule has 0 spiro atoms. The molecule has 0 aliphatic carbocycles. The van der Waals surface area contributed by atoms with E-state index >= 15 is 0 Å². The number of nitrogens with two attached hydrogens (primary N) is 1. The minimum Gasteiger partial charge on any atom is -0.497 e. The van der Waals surface area contributed by atoms with Crippen LogP contribution in [-0.2, 0) is 11.3 Å². The summed E-state index contributed by atoms with van der Waals surface area (Å²) in [7, 11) is 1.57. The van der Waals surface area contributed by atoms with Gasteiger partial charge in [-0.15, -0.1) is 0 Å². The molecule has 0 radical (unpaired) electrons. The fourth-order valence-corrected chi connectivity index (χ4v) is 2.19. The molecule has 0 unspecified atom stereocenters. The van der Waals surface area contributed by atoms with Crippen LogP contribution < -0.4 is 10.5 Å². The summed E-state index contributed by atoms with van der Waals surface area (Å²) in [5.41, 5.74) is 6.23. The summed E-state index contributed by atoms with van der Waals surface area (Å²) in [4.78, 5) is 15.8. The number of methoxy groups -OCH3 is 1. The molecule has 0 aliphatic heterocycles. The van der Waals surface area contributed by atoms with Crippen LogP contribution in [0.3, 0.4) is 0 Å². The molecule has 0 saturated carbocycles. The topological polar surface area (TPSA) is 74.4 Å². The Morgan fingerprint density at radius 1 is 1.18 bits per heavy atom. The minimum atomic E-state index is -0.744. The van der Waals surface area contributed by atoms with Gasteiger partial charge in [0.25, 0.3) is 0 Å². The molecule has 1 aromatic carbocycles. The van der Waals surface area contributed by atoms with Gasteiger partial charge in [-0.1, -0.05) is 46.9 Å². The molecule has 0 atom stereocenters. The first-order chi connectivity index (χ1) is 10.4. The Labute approximate surface area is 141 Å². The van der Waals surface area contributed by atoms with Crippen LogP contribution in [0.5, 0.6) is 5.75 Å². The number of anilines is 1. The van der Waals surface area contributed by atoms with Crippen LogP contribution in [0.15, 0.2) is 24.3 Å². The zero-order valence-corrected chi connectivity index (χ0v) is 13.7. The number of halogens is 3. The van der Waals surface area contributed by atoms with E-state index in [-0.39, 0.29) is 33.2 Å². The van der Waals surface area contributed by atoms with Crippen LogP contribution in [0.25, 0.3) is 0 Å². The fraction of sp³-hybridized carbons (Fsp3) is 0.143. The molecular weight excluding hydrogens is 351 g/mol. The Hall–Kier alpha value is -1.69. The minimum absolute atomic E-state index is 0.00151. The SMILES string of the molecule is COc1ccc(COC(=O)c2nc(Cl)c(Cl)c(N)c2Cl)cc1. The second-order valence-electron chi connectivity index (χ2n) is 4.22. The van der Waals surface area contributed by atoms with E-state index in [1.54, 1.807) is 31.4 Å². The van der Waals surface area contributed by atoms with E-state index < -0.39 is 5.97 Å². The highest BCUT2D eigenvalue weighted by Crippen LogP contribution is 2.34. The normalized spacial score (nSPS) is 10.4. The maximum absolute atomic E-state index is 12.0. The smallest absolute Gasteiger partial charge is 0.358 e. The fourth-order valence-electron chi connectivity index (χ4n) is 1.61. The molecule has 2 aromatic rings. The summed E-state index contributed by atoms with van der Waals surface area (Å²) < 4.78 is 10.2. The van der Waals surface area contributed by atoms with Gasteiger partial charge in [-0.05, 0) is 17.7 Å². The molecule has 1 heterocycles. The second kappa shape index (κ2) is 7.05. The number of aromatic nitrogens is 1. The van der Waals surface area contributed by atoms with Gasteiger partial charge in [-0.2, -0.15) is 0 Å². The first-order valence-electron chi connectivity index (χ1n) is 6.04. The predicted molar refractivity (Wildman–Crippen MR) is 85.8 cm³/mol. The second-order valence-corrected chi connectivity index (χ2v) is 5.33. The van der Waals surface area contributed by atoms with E-state index in [4.69, 9.17) is 50.0 Å². The van der Waals surface area contributed by atoms with Crippen molar-refractivity contribution in [3.63, 3.8) is 0 Å². The van der Waals surface area contributed by atoms with E-state index in [1.807, 2.05) is 0 Å². The van der Waals surface area contributed by atoms with E-state index in [2.05, 4.69) is 4.98 Å². The van der Waals surface area contributed by atoms with Crippen molar-refractivity contribution in [3.8, 4) is 5.75 Å². The first-order valence-corrected chi connectivity index (χ1v) is 7.17. The van der Waals surface area contributed by atoms with Crippen LogP contribution in [0.4, 0.5) is 5.69 Å². The zero-order chi connectivity index (χ0) is 16.3. The van der Waals surface area contributed by atoms with Crippen molar-refractivity contribution in [1.82, 2.24) is 4.98 Å². The number of benzene rings is 1. The van der Waals surface area contributed by atoms with Crippen LogP contribution in [0.2, 0.25) is 15.2 Å². The maximum atomic E-state index is 12.0. The average Bonchev–Trinajstić information content (AvgIpc) is 2.54. The number of esters is 1. The molecule has 2 N–H and O–H groups in total. The van der Waals surface area contributed by atoms with Crippen LogP contribution in [-0.4, -0.2) is 18.1 Å². The highest BCUT2D eigenvalue weighted by atomic mass is 35.5. The number of carbonyl (C=O) groups is 1. The Balaban J connectivity index is 2.12. The molecule has 8 heteroatoms. The van der Waals surface area contributed by atoms with Crippen molar-refractivity contribution >= 4 is 46.5 Å². The van der Waals surface area contributed by atoms with Crippen molar-refractivity contribution in [3.05, 3.63) is 50.7 Å². The van der Waals surface area contributed by atoms with Gasteiger partial charge in [0.15, 0.2) is 10.8 Å². The molecular formula is C14H11Cl3N2O3. The summed E-state index contributed by atoms with van der Waals surface area (Å²) in [5, 5.41) is -0.201. The highest BCUT2D eigenvalue weighted by Gasteiger charge is 2.20. The molecule has 0 fully saturated rings. The maximum Gasteiger partial charge on any atom is 0.358 e. The largest absolute Gasteiger partial charge is 0.497 e. The number of hydrogen-bond donors (Lipinski definition) is 1. The lowest BCUT2D eigenvalue weighted by atomic mass is 10.2. The third-order valence-electron chi connectivity index (χ3n) is 2.79. The molecule has 0 aliphatic rings. The number of pyridine rings is 1. The monoisotopic (exact) mass is 360 g/mol. The number of hydrogen-bond acceptors (Lipinski definition) is 5.